The Kier molecular flexibility index (Phi) is 7.22. The van der Waals surface area contributed by atoms with Crippen LogP contribution in [0.5, 0.6) is 0 Å². The molecule has 1 saturated heterocycles. The summed E-state index contributed by atoms with van der Waals surface area (Å²) in [4.78, 5) is 39.0. The lowest BCUT2D eigenvalue weighted by Crippen LogP contribution is -2.42. The molecule has 0 unspecified atom stereocenters. The minimum atomic E-state index is -0.128. The minimum absolute atomic E-state index is 0.0457. The van der Waals surface area contributed by atoms with Gasteiger partial charge in [-0.15, -0.1) is 0 Å². The number of carbonyl (C=O) groups excluding carboxylic acids is 3. The molecule has 1 heterocycles. The van der Waals surface area contributed by atoms with Crippen molar-refractivity contribution < 1.29 is 14.4 Å². The fraction of sp³-hybridized carbons (Fsp3) is 0.375. The number of benzene rings is 2. The van der Waals surface area contributed by atoms with E-state index in [1.165, 1.54) is 0 Å². The molecule has 0 aromatic heterocycles. The van der Waals surface area contributed by atoms with Crippen molar-refractivity contribution in [3.8, 4) is 0 Å². The number of piperidine rings is 1. The van der Waals surface area contributed by atoms with E-state index in [1.54, 1.807) is 29.2 Å². The average molecular weight is 408 g/mol. The lowest BCUT2D eigenvalue weighted by atomic mass is 9.95. The number of likely N-dealkylation sites (tertiary alicyclic amines) is 1. The molecule has 1 aliphatic rings. The van der Waals surface area contributed by atoms with Crippen LogP contribution in [-0.4, -0.2) is 35.7 Å². The van der Waals surface area contributed by atoms with Gasteiger partial charge >= 0.3 is 0 Å². The molecule has 0 spiro atoms. The number of amides is 3. The summed E-state index contributed by atoms with van der Waals surface area (Å²) in [5.74, 6) is -0.309. The smallest absolute Gasteiger partial charge is 0.253 e. The van der Waals surface area contributed by atoms with Gasteiger partial charge in [0.25, 0.3) is 5.91 Å². The van der Waals surface area contributed by atoms with E-state index in [9.17, 15) is 14.4 Å². The molecule has 1 aliphatic heterocycles. The Bertz CT molecular complexity index is 888. The van der Waals surface area contributed by atoms with E-state index in [2.05, 4.69) is 10.6 Å². The molecule has 3 amide bonds. The summed E-state index contributed by atoms with van der Waals surface area (Å²) in [6.07, 6.45) is 1.30. The van der Waals surface area contributed by atoms with Gasteiger partial charge in [0.15, 0.2) is 0 Å². The fourth-order valence-electron chi connectivity index (χ4n) is 3.47. The zero-order valence-electron chi connectivity index (χ0n) is 17.6. The second kappa shape index (κ2) is 10.1. The molecular weight excluding hydrogens is 378 g/mol. The Balaban J connectivity index is 1.51. The second-order valence-corrected chi connectivity index (χ2v) is 7.99. The second-order valence-electron chi connectivity index (χ2n) is 7.99. The maximum atomic E-state index is 12.9. The highest BCUT2D eigenvalue weighted by molar-refractivity contribution is 5.97. The van der Waals surface area contributed by atoms with Crippen LogP contribution in [-0.2, 0) is 16.1 Å². The predicted molar refractivity (Wildman–Crippen MR) is 117 cm³/mol. The number of anilines is 1. The average Bonchev–Trinajstić information content (AvgIpc) is 2.78. The molecular formula is C24H29N3O3. The van der Waals surface area contributed by atoms with Gasteiger partial charge in [0, 0.05) is 42.7 Å². The maximum absolute atomic E-state index is 12.9. The van der Waals surface area contributed by atoms with Crippen molar-refractivity contribution >= 4 is 23.4 Å². The first-order valence-electron chi connectivity index (χ1n) is 10.5. The molecule has 30 heavy (non-hydrogen) atoms. The van der Waals surface area contributed by atoms with Crippen molar-refractivity contribution in [1.82, 2.24) is 10.2 Å². The number of nitrogens with zero attached hydrogens (tertiary/aromatic N) is 1. The van der Waals surface area contributed by atoms with Crippen LogP contribution < -0.4 is 10.6 Å². The topological polar surface area (TPSA) is 78.5 Å². The Morgan fingerprint density at radius 1 is 1.00 bits per heavy atom. The Morgan fingerprint density at radius 3 is 2.37 bits per heavy atom. The van der Waals surface area contributed by atoms with Gasteiger partial charge in [-0.2, -0.15) is 0 Å². The van der Waals surface area contributed by atoms with Gasteiger partial charge in [-0.25, -0.2) is 0 Å². The van der Waals surface area contributed by atoms with Crippen LogP contribution in [0.3, 0.4) is 0 Å². The maximum Gasteiger partial charge on any atom is 0.253 e. The van der Waals surface area contributed by atoms with Crippen LogP contribution in [0.2, 0.25) is 0 Å². The van der Waals surface area contributed by atoms with Gasteiger partial charge in [0.05, 0.1) is 0 Å². The van der Waals surface area contributed by atoms with Crippen molar-refractivity contribution in [1.29, 1.82) is 0 Å². The van der Waals surface area contributed by atoms with E-state index in [0.29, 0.717) is 43.7 Å². The quantitative estimate of drug-likeness (QED) is 0.770. The van der Waals surface area contributed by atoms with E-state index < -0.39 is 0 Å². The van der Waals surface area contributed by atoms with Crippen molar-refractivity contribution in [3.63, 3.8) is 0 Å². The molecule has 0 atom stereocenters. The van der Waals surface area contributed by atoms with Crippen LogP contribution >= 0.6 is 0 Å². The largest absolute Gasteiger partial charge is 0.352 e. The zero-order chi connectivity index (χ0) is 21.5. The summed E-state index contributed by atoms with van der Waals surface area (Å²) >= 11 is 0. The summed E-state index contributed by atoms with van der Waals surface area (Å²) in [6, 6.07) is 16.8. The summed E-state index contributed by atoms with van der Waals surface area (Å²) in [5, 5.41) is 5.82. The highest BCUT2D eigenvalue weighted by atomic mass is 16.2. The predicted octanol–water partition coefficient (Wildman–Crippen LogP) is 3.45. The SMILES string of the molecule is CC(C)C(=O)Nc1cccc(C(=O)N2CCC(C(=O)NCc3ccccc3)CC2)c1. The Labute approximate surface area is 177 Å². The fourth-order valence-corrected chi connectivity index (χ4v) is 3.47. The molecule has 0 bridgehead atoms. The first-order valence-corrected chi connectivity index (χ1v) is 10.5. The highest BCUT2D eigenvalue weighted by Gasteiger charge is 2.27. The molecule has 6 nitrogen and oxygen atoms in total. The Hall–Kier alpha value is -3.15. The molecule has 2 aromatic carbocycles. The summed E-state index contributed by atoms with van der Waals surface area (Å²) in [5.41, 5.74) is 2.24. The molecule has 1 fully saturated rings. The van der Waals surface area contributed by atoms with Gasteiger partial charge in [-0.3, -0.25) is 14.4 Å². The molecule has 0 radical (unpaired) electrons. The normalized spacial score (nSPS) is 14.4. The van der Waals surface area contributed by atoms with Crippen LogP contribution in [0, 0.1) is 11.8 Å². The van der Waals surface area contributed by atoms with Gasteiger partial charge < -0.3 is 15.5 Å². The zero-order valence-corrected chi connectivity index (χ0v) is 17.6. The minimum Gasteiger partial charge on any atom is -0.352 e. The monoisotopic (exact) mass is 407 g/mol. The first-order chi connectivity index (χ1) is 14.4. The van der Waals surface area contributed by atoms with E-state index >= 15 is 0 Å². The van der Waals surface area contributed by atoms with E-state index in [0.717, 1.165) is 5.56 Å². The molecule has 2 N–H and O–H groups in total. The summed E-state index contributed by atoms with van der Waals surface area (Å²) in [7, 11) is 0. The number of rotatable bonds is 6. The Morgan fingerprint density at radius 2 is 1.70 bits per heavy atom. The number of nitrogens with one attached hydrogen (secondary N) is 2. The number of carbonyl (C=O) groups is 3. The molecule has 0 aliphatic carbocycles. The first kappa shape index (κ1) is 21.6. The third-order valence-corrected chi connectivity index (χ3v) is 5.36. The van der Waals surface area contributed by atoms with E-state index in [-0.39, 0.29) is 29.6 Å². The molecule has 2 aromatic rings. The third kappa shape index (κ3) is 5.69. The molecule has 158 valence electrons. The lowest BCUT2D eigenvalue weighted by Gasteiger charge is -2.31. The van der Waals surface area contributed by atoms with Crippen LogP contribution in [0.15, 0.2) is 54.6 Å². The van der Waals surface area contributed by atoms with E-state index in [1.807, 2.05) is 44.2 Å². The molecule has 6 heteroatoms. The van der Waals surface area contributed by atoms with Crippen LogP contribution in [0.25, 0.3) is 0 Å². The summed E-state index contributed by atoms with van der Waals surface area (Å²) < 4.78 is 0. The van der Waals surface area contributed by atoms with Crippen molar-refractivity contribution in [2.24, 2.45) is 11.8 Å². The van der Waals surface area contributed by atoms with Crippen LogP contribution in [0.4, 0.5) is 5.69 Å². The van der Waals surface area contributed by atoms with Crippen molar-refractivity contribution in [3.05, 3.63) is 65.7 Å². The molecule has 3 rings (SSSR count). The van der Waals surface area contributed by atoms with Gasteiger partial charge in [0.1, 0.15) is 0 Å². The number of hydrogen-bond donors (Lipinski definition) is 2. The molecule has 0 saturated carbocycles. The van der Waals surface area contributed by atoms with Gasteiger partial charge in [-0.05, 0) is 36.6 Å². The van der Waals surface area contributed by atoms with Gasteiger partial charge in [0.2, 0.25) is 11.8 Å². The van der Waals surface area contributed by atoms with Gasteiger partial charge in [-0.1, -0.05) is 50.2 Å². The van der Waals surface area contributed by atoms with Crippen molar-refractivity contribution in [2.45, 2.75) is 33.2 Å². The van der Waals surface area contributed by atoms with E-state index in [4.69, 9.17) is 0 Å². The standard InChI is InChI=1S/C24H29N3O3/c1-17(2)22(28)26-21-10-6-9-20(15-21)24(30)27-13-11-19(12-14-27)23(29)25-16-18-7-4-3-5-8-18/h3-10,15,17,19H,11-14,16H2,1-2H3,(H,25,29)(H,26,28). The summed E-state index contributed by atoms with van der Waals surface area (Å²) in [6.45, 7) is 5.26. The van der Waals surface area contributed by atoms with Crippen molar-refractivity contribution in [2.75, 3.05) is 18.4 Å². The van der Waals surface area contributed by atoms with Crippen LogP contribution in [0.1, 0.15) is 42.6 Å². The number of hydrogen-bond acceptors (Lipinski definition) is 3. The lowest BCUT2D eigenvalue weighted by molar-refractivity contribution is -0.126. The third-order valence-electron chi connectivity index (χ3n) is 5.36. The highest BCUT2D eigenvalue weighted by Crippen LogP contribution is 2.21.